The molecule has 0 aromatic heterocycles. The third-order valence-corrected chi connectivity index (χ3v) is 2.42. The molecule has 3 N–H and O–H groups in total. The average Bonchev–Trinajstić information content (AvgIpc) is 1.82. The van der Waals surface area contributed by atoms with Gasteiger partial charge in [-0.15, -0.1) is 0 Å². The molecule has 0 radical (unpaired) electrons. The fourth-order valence-corrected chi connectivity index (χ4v) is 0.796. The highest BCUT2D eigenvalue weighted by Crippen LogP contribution is 2.38. The first-order valence-corrected chi connectivity index (χ1v) is 3.67. The molecular formula is C8H15NO3. The van der Waals surface area contributed by atoms with Gasteiger partial charge < -0.3 is 10.8 Å². The molecule has 0 aliphatic rings. The number of rotatable bonds is 2. The Bertz CT molecular complexity index is 201. The molecule has 0 spiro atoms. The van der Waals surface area contributed by atoms with Gasteiger partial charge in [0.1, 0.15) is 5.41 Å². The van der Waals surface area contributed by atoms with Crippen LogP contribution >= 0.6 is 0 Å². The van der Waals surface area contributed by atoms with Crippen molar-refractivity contribution in [3.63, 3.8) is 0 Å². The molecule has 0 heterocycles. The number of carbonyl (C=O) groups is 2. The van der Waals surface area contributed by atoms with Crippen molar-refractivity contribution in [1.29, 1.82) is 0 Å². The summed E-state index contributed by atoms with van der Waals surface area (Å²) in [5.74, 6) is -1.98. The van der Waals surface area contributed by atoms with Crippen LogP contribution in [0.1, 0.15) is 27.7 Å². The van der Waals surface area contributed by atoms with Crippen LogP contribution in [0.25, 0.3) is 0 Å². The molecule has 0 fully saturated rings. The van der Waals surface area contributed by atoms with Gasteiger partial charge in [0.15, 0.2) is 0 Å². The number of carbonyl (C=O) groups excluding carboxylic acids is 1. The van der Waals surface area contributed by atoms with Crippen molar-refractivity contribution in [1.82, 2.24) is 0 Å². The molecule has 1 atom stereocenters. The van der Waals surface area contributed by atoms with Gasteiger partial charge in [0, 0.05) is 0 Å². The monoisotopic (exact) mass is 173 g/mol. The lowest BCUT2D eigenvalue weighted by Crippen LogP contribution is -2.50. The first-order valence-electron chi connectivity index (χ1n) is 3.67. The van der Waals surface area contributed by atoms with E-state index in [2.05, 4.69) is 0 Å². The summed E-state index contributed by atoms with van der Waals surface area (Å²) >= 11 is 0. The molecule has 1 unspecified atom stereocenters. The van der Waals surface area contributed by atoms with Crippen LogP contribution in [0.2, 0.25) is 0 Å². The van der Waals surface area contributed by atoms with E-state index in [9.17, 15) is 9.59 Å². The minimum Gasteiger partial charge on any atom is -0.480 e. The summed E-state index contributed by atoms with van der Waals surface area (Å²) in [7, 11) is 0. The van der Waals surface area contributed by atoms with Crippen LogP contribution in [0.4, 0.5) is 0 Å². The molecule has 0 aliphatic heterocycles. The van der Waals surface area contributed by atoms with Crippen LogP contribution in [0.15, 0.2) is 0 Å². The largest absolute Gasteiger partial charge is 0.480 e. The number of hydrogen-bond acceptors (Lipinski definition) is 2. The van der Waals surface area contributed by atoms with Crippen molar-refractivity contribution >= 4 is 11.9 Å². The zero-order valence-corrected chi connectivity index (χ0v) is 7.84. The van der Waals surface area contributed by atoms with Gasteiger partial charge in [0.2, 0.25) is 5.91 Å². The predicted molar refractivity (Wildman–Crippen MR) is 44.4 cm³/mol. The molecule has 0 aromatic rings. The maximum absolute atomic E-state index is 11.0. The van der Waals surface area contributed by atoms with E-state index < -0.39 is 22.7 Å². The Labute approximate surface area is 71.8 Å². The number of hydrogen-bond donors (Lipinski definition) is 2. The van der Waals surface area contributed by atoms with E-state index in [0.29, 0.717) is 0 Å². The summed E-state index contributed by atoms with van der Waals surface area (Å²) in [4.78, 5) is 21.8. The molecule has 12 heavy (non-hydrogen) atoms. The minimum atomic E-state index is -1.51. The SMILES string of the molecule is CC(C)(C)C(C)(C(N)=O)C(=O)O. The Hall–Kier alpha value is -1.06. The lowest BCUT2D eigenvalue weighted by molar-refractivity contribution is -0.160. The Kier molecular flexibility index (Phi) is 2.52. The van der Waals surface area contributed by atoms with Gasteiger partial charge in [0.05, 0.1) is 0 Å². The quantitative estimate of drug-likeness (QED) is 0.600. The summed E-state index contributed by atoms with van der Waals surface area (Å²) in [5, 5.41) is 8.84. The second-order valence-electron chi connectivity index (χ2n) is 4.04. The molecule has 0 rings (SSSR count). The number of amides is 1. The molecule has 0 bridgehead atoms. The summed E-state index contributed by atoms with van der Waals surface area (Å²) in [6.07, 6.45) is 0. The number of aliphatic carboxylic acids is 1. The number of primary amides is 1. The van der Waals surface area contributed by atoms with Crippen LogP contribution in [-0.4, -0.2) is 17.0 Å². The van der Waals surface area contributed by atoms with Gasteiger partial charge in [-0.05, 0) is 12.3 Å². The normalized spacial score (nSPS) is 16.7. The van der Waals surface area contributed by atoms with Crippen LogP contribution in [0.5, 0.6) is 0 Å². The molecule has 4 heteroatoms. The number of carboxylic acids is 1. The zero-order chi connectivity index (χ0) is 10.2. The van der Waals surface area contributed by atoms with E-state index in [-0.39, 0.29) is 0 Å². The van der Waals surface area contributed by atoms with E-state index in [1.165, 1.54) is 6.92 Å². The summed E-state index contributed by atoms with van der Waals surface area (Å²) in [6, 6.07) is 0. The third-order valence-electron chi connectivity index (χ3n) is 2.42. The lowest BCUT2D eigenvalue weighted by atomic mass is 9.67. The predicted octanol–water partition coefficient (Wildman–Crippen LogP) is 0.609. The van der Waals surface area contributed by atoms with E-state index >= 15 is 0 Å². The highest BCUT2D eigenvalue weighted by Gasteiger charge is 2.49. The highest BCUT2D eigenvalue weighted by atomic mass is 16.4. The van der Waals surface area contributed by atoms with Gasteiger partial charge in [-0.25, -0.2) is 0 Å². The van der Waals surface area contributed by atoms with Gasteiger partial charge in [-0.1, -0.05) is 20.8 Å². The van der Waals surface area contributed by atoms with Gasteiger partial charge in [-0.3, -0.25) is 9.59 Å². The van der Waals surface area contributed by atoms with Crippen LogP contribution in [0.3, 0.4) is 0 Å². The molecule has 0 aromatic carbocycles. The molecule has 0 saturated heterocycles. The third kappa shape index (κ3) is 1.42. The standard InChI is InChI=1S/C8H15NO3/c1-7(2,3)8(4,5(9)10)6(11)12/h1-4H3,(H2,9,10)(H,11,12). The van der Waals surface area contributed by atoms with Crippen molar-refractivity contribution in [2.75, 3.05) is 0 Å². The molecule has 70 valence electrons. The Balaban J connectivity index is 5.17. The lowest BCUT2D eigenvalue weighted by Gasteiger charge is -2.34. The van der Waals surface area contributed by atoms with Crippen molar-refractivity contribution in [2.45, 2.75) is 27.7 Å². The maximum Gasteiger partial charge on any atom is 0.319 e. The zero-order valence-electron chi connectivity index (χ0n) is 7.84. The van der Waals surface area contributed by atoms with E-state index in [0.717, 1.165) is 0 Å². The van der Waals surface area contributed by atoms with Crippen molar-refractivity contribution < 1.29 is 14.7 Å². The highest BCUT2D eigenvalue weighted by molar-refractivity contribution is 6.01. The Morgan fingerprint density at radius 2 is 1.50 bits per heavy atom. The van der Waals surface area contributed by atoms with E-state index in [4.69, 9.17) is 10.8 Å². The van der Waals surface area contributed by atoms with Gasteiger partial charge in [-0.2, -0.15) is 0 Å². The summed E-state index contributed by atoms with van der Waals surface area (Å²) in [6.45, 7) is 6.36. The smallest absolute Gasteiger partial charge is 0.319 e. The topological polar surface area (TPSA) is 80.4 Å². The number of carboxylic acid groups (broad SMARTS) is 1. The van der Waals surface area contributed by atoms with Crippen molar-refractivity contribution in [3.8, 4) is 0 Å². The fourth-order valence-electron chi connectivity index (χ4n) is 0.796. The Morgan fingerprint density at radius 3 is 1.50 bits per heavy atom. The van der Waals surface area contributed by atoms with Crippen molar-refractivity contribution in [2.24, 2.45) is 16.6 Å². The second kappa shape index (κ2) is 2.77. The Morgan fingerprint density at radius 1 is 1.17 bits per heavy atom. The summed E-state index contributed by atoms with van der Waals surface area (Å²) in [5.41, 5.74) is 2.86. The fraction of sp³-hybridized carbons (Fsp3) is 0.750. The maximum atomic E-state index is 11.0. The van der Waals surface area contributed by atoms with Gasteiger partial charge in [0.25, 0.3) is 0 Å². The second-order valence-corrected chi connectivity index (χ2v) is 4.04. The average molecular weight is 173 g/mol. The van der Waals surface area contributed by atoms with Gasteiger partial charge >= 0.3 is 5.97 Å². The van der Waals surface area contributed by atoms with Crippen LogP contribution < -0.4 is 5.73 Å². The van der Waals surface area contributed by atoms with E-state index in [1.807, 2.05) is 0 Å². The molecule has 1 amide bonds. The molecular weight excluding hydrogens is 158 g/mol. The van der Waals surface area contributed by atoms with Crippen molar-refractivity contribution in [3.05, 3.63) is 0 Å². The van der Waals surface area contributed by atoms with E-state index in [1.54, 1.807) is 20.8 Å². The first kappa shape index (κ1) is 10.9. The number of nitrogens with two attached hydrogens (primary N) is 1. The first-order chi connectivity index (χ1) is 5.14. The molecule has 0 saturated carbocycles. The van der Waals surface area contributed by atoms with Crippen LogP contribution in [0, 0.1) is 10.8 Å². The molecule has 0 aliphatic carbocycles. The van der Waals surface area contributed by atoms with Crippen LogP contribution in [-0.2, 0) is 9.59 Å². The minimum absolute atomic E-state index is 0.676. The summed E-state index contributed by atoms with van der Waals surface area (Å²) < 4.78 is 0. The molecule has 4 nitrogen and oxygen atoms in total.